The summed E-state index contributed by atoms with van der Waals surface area (Å²) in [6, 6.07) is 18.3. The molecule has 1 atom stereocenters. The van der Waals surface area contributed by atoms with Gasteiger partial charge in [0.25, 0.3) is 0 Å². The smallest absolute Gasteiger partial charge is 0.407 e. The fraction of sp³-hybridized carbons (Fsp3) is 0.333. The maximum absolute atomic E-state index is 12.3. The predicted octanol–water partition coefficient (Wildman–Crippen LogP) is 2.85. The van der Waals surface area contributed by atoms with Crippen molar-refractivity contribution in [1.82, 2.24) is 5.32 Å². The summed E-state index contributed by atoms with van der Waals surface area (Å²) in [6.45, 7) is 5.27. The Bertz CT molecular complexity index is 683. The van der Waals surface area contributed by atoms with E-state index in [1.807, 2.05) is 60.7 Å². The Morgan fingerprint density at radius 3 is 1.81 bits per heavy atom. The van der Waals surface area contributed by atoms with Crippen LogP contribution in [0.25, 0.3) is 0 Å². The van der Waals surface area contributed by atoms with Crippen molar-refractivity contribution in [2.24, 2.45) is 0 Å². The molecule has 0 radical (unpaired) electrons. The van der Waals surface area contributed by atoms with E-state index in [1.54, 1.807) is 20.8 Å². The van der Waals surface area contributed by atoms with Crippen molar-refractivity contribution in [2.45, 2.75) is 44.8 Å². The molecular weight excluding hydrogens is 330 g/mol. The van der Waals surface area contributed by atoms with Gasteiger partial charge in [-0.25, -0.2) is 4.79 Å². The molecule has 2 rings (SSSR count). The first kappa shape index (κ1) is 19.5. The second-order valence-electron chi connectivity index (χ2n) is 7.13. The second kappa shape index (κ2) is 8.52. The number of hydrogen-bond donors (Lipinski definition) is 1. The largest absolute Gasteiger partial charge is 0.550 e. The molecule has 0 bridgehead atoms. The van der Waals surface area contributed by atoms with Crippen molar-refractivity contribution >= 4 is 12.1 Å². The SMILES string of the molecule is CC(C)(C)OC(=O)N[C@H](CC(=O)[O-])C(c1ccccc1)c1ccccc1. The highest BCUT2D eigenvalue weighted by Gasteiger charge is 2.28. The molecule has 0 spiro atoms. The van der Waals surface area contributed by atoms with E-state index in [4.69, 9.17) is 4.74 Å². The topological polar surface area (TPSA) is 78.5 Å². The van der Waals surface area contributed by atoms with Crippen molar-refractivity contribution < 1.29 is 19.4 Å². The summed E-state index contributed by atoms with van der Waals surface area (Å²) in [5, 5.41) is 14.1. The van der Waals surface area contributed by atoms with Gasteiger partial charge in [-0.3, -0.25) is 0 Å². The summed E-state index contributed by atoms with van der Waals surface area (Å²) in [6.07, 6.45) is -0.978. The van der Waals surface area contributed by atoms with E-state index in [2.05, 4.69) is 5.32 Å². The van der Waals surface area contributed by atoms with Gasteiger partial charge in [-0.05, 0) is 31.9 Å². The summed E-state index contributed by atoms with van der Waals surface area (Å²) < 4.78 is 5.31. The van der Waals surface area contributed by atoms with Gasteiger partial charge >= 0.3 is 6.09 Å². The van der Waals surface area contributed by atoms with Crippen LogP contribution in [0.5, 0.6) is 0 Å². The van der Waals surface area contributed by atoms with E-state index in [-0.39, 0.29) is 12.3 Å². The third-order valence-electron chi connectivity index (χ3n) is 3.81. The van der Waals surface area contributed by atoms with Crippen molar-refractivity contribution in [3.8, 4) is 0 Å². The molecule has 0 aromatic heterocycles. The lowest BCUT2D eigenvalue weighted by atomic mass is 9.83. The summed E-state index contributed by atoms with van der Waals surface area (Å²) in [5.74, 6) is -1.58. The van der Waals surface area contributed by atoms with E-state index >= 15 is 0 Å². The van der Waals surface area contributed by atoms with Crippen LogP contribution in [0.4, 0.5) is 4.79 Å². The molecule has 0 unspecified atom stereocenters. The summed E-state index contributed by atoms with van der Waals surface area (Å²) in [7, 11) is 0. The van der Waals surface area contributed by atoms with E-state index in [1.165, 1.54) is 0 Å². The van der Waals surface area contributed by atoms with E-state index in [9.17, 15) is 14.7 Å². The molecule has 0 heterocycles. The van der Waals surface area contributed by atoms with Crippen LogP contribution in [-0.2, 0) is 9.53 Å². The van der Waals surface area contributed by atoms with Gasteiger partial charge in [0.15, 0.2) is 0 Å². The number of carboxylic acid groups (broad SMARTS) is 1. The normalized spacial score (nSPS) is 12.5. The molecule has 2 aromatic rings. The zero-order valence-corrected chi connectivity index (χ0v) is 15.3. The first-order chi connectivity index (χ1) is 12.3. The number of ether oxygens (including phenoxy) is 1. The molecule has 2 aromatic carbocycles. The summed E-state index contributed by atoms with van der Waals surface area (Å²) in [5.41, 5.74) is 1.13. The number of hydrogen-bond acceptors (Lipinski definition) is 4. The standard InChI is InChI=1S/C21H25NO4/c1-21(2,3)26-20(25)22-17(14-18(23)24)19(15-10-6-4-7-11-15)16-12-8-5-9-13-16/h4-13,17,19H,14H2,1-3H3,(H,22,25)(H,23,24)/p-1/t17-/m1/s1. The summed E-state index contributed by atoms with van der Waals surface area (Å²) in [4.78, 5) is 23.6. The highest BCUT2D eigenvalue weighted by atomic mass is 16.6. The zero-order chi connectivity index (χ0) is 19.2. The fourth-order valence-corrected chi connectivity index (χ4v) is 2.87. The van der Waals surface area contributed by atoms with Crippen LogP contribution in [0.15, 0.2) is 60.7 Å². The Morgan fingerprint density at radius 2 is 1.42 bits per heavy atom. The first-order valence-electron chi connectivity index (χ1n) is 8.55. The number of carbonyl (C=O) groups is 2. The molecule has 0 aliphatic heterocycles. The lowest BCUT2D eigenvalue weighted by Crippen LogP contribution is -2.45. The quantitative estimate of drug-likeness (QED) is 0.865. The average Bonchev–Trinajstić information content (AvgIpc) is 2.54. The fourth-order valence-electron chi connectivity index (χ4n) is 2.87. The first-order valence-corrected chi connectivity index (χ1v) is 8.55. The van der Waals surface area contributed by atoms with Crippen molar-refractivity contribution in [2.75, 3.05) is 0 Å². The number of carboxylic acids is 1. The maximum atomic E-state index is 12.3. The third-order valence-corrected chi connectivity index (χ3v) is 3.81. The van der Waals surface area contributed by atoms with Crippen molar-refractivity contribution in [1.29, 1.82) is 0 Å². The maximum Gasteiger partial charge on any atom is 0.407 e. The molecular formula is C21H24NO4-. The molecule has 26 heavy (non-hydrogen) atoms. The van der Waals surface area contributed by atoms with Gasteiger partial charge in [0.1, 0.15) is 5.60 Å². The molecule has 0 saturated heterocycles. The predicted molar refractivity (Wildman–Crippen MR) is 97.5 cm³/mol. The molecule has 5 heteroatoms. The van der Waals surface area contributed by atoms with Crippen LogP contribution < -0.4 is 10.4 Å². The molecule has 0 aliphatic rings. The molecule has 1 amide bonds. The Hall–Kier alpha value is -2.82. The monoisotopic (exact) mass is 354 g/mol. The lowest BCUT2D eigenvalue weighted by Gasteiger charge is -2.30. The molecule has 138 valence electrons. The highest BCUT2D eigenvalue weighted by molar-refractivity contribution is 5.71. The Kier molecular flexibility index (Phi) is 6.39. The van der Waals surface area contributed by atoms with E-state index in [0.29, 0.717) is 0 Å². The van der Waals surface area contributed by atoms with Gasteiger partial charge in [-0.2, -0.15) is 0 Å². The minimum atomic E-state index is -1.23. The average molecular weight is 354 g/mol. The molecule has 0 aliphatic carbocycles. The minimum Gasteiger partial charge on any atom is -0.550 e. The zero-order valence-electron chi connectivity index (χ0n) is 15.3. The van der Waals surface area contributed by atoms with Crippen molar-refractivity contribution in [3.63, 3.8) is 0 Å². The number of aliphatic carboxylic acids is 1. The van der Waals surface area contributed by atoms with Crippen LogP contribution >= 0.6 is 0 Å². The number of benzene rings is 2. The van der Waals surface area contributed by atoms with E-state index in [0.717, 1.165) is 11.1 Å². The van der Waals surface area contributed by atoms with E-state index < -0.39 is 23.7 Å². The third kappa shape index (κ3) is 5.92. The Balaban J connectivity index is 2.38. The second-order valence-corrected chi connectivity index (χ2v) is 7.13. The van der Waals surface area contributed by atoms with Gasteiger partial charge in [0.05, 0.1) is 0 Å². The minimum absolute atomic E-state index is 0.326. The number of carbonyl (C=O) groups excluding carboxylic acids is 2. The van der Waals surface area contributed by atoms with Crippen LogP contribution in [-0.4, -0.2) is 23.7 Å². The van der Waals surface area contributed by atoms with Crippen LogP contribution in [0.3, 0.4) is 0 Å². The van der Waals surface area contributed by atoms with Gasteiger partial charge in [-0.1, -0.05) is 60.7 Å². The van der Waals surface area contributed by atoms with Crippen LogP contribution in [0.1, 0.15) is 44.2 Å². The van der Waals surface area contributed by atoms with Crippen LogP contribution in [0, 0.1) is 0 Å². The Morgan fingerprint density at radius 1 is 0.962 bits per heavy atom. The van der Waals surface area contributed by atoms with Gasteiger partial charge in [0.2, 0.25) is 0 Å². The molecule has 0 fully saturated rings. The lowest BCUT2D eigenvalue weighted by molar-refractivity contribution is -0.306. The number of amides is 1. The molecule has 5 nitrogen and oxygen atoms in total. The number of rotatable bonds is 6. The highest BCUT2D eigenvalue weighted by Crippen LogP contribution is 2.29. The summed E-state index contributed by atoms with van der Waals surface area (Å²) >= 11 is 0. The van der Waals surface area contributed by atoms with Gasteiger partial charge < -0.3 is 20.0 Å². The molecule has 0 saturated carbocycles. The van der Waals surface area contributed by atoms with Crippen LogP contribution in [0.2, 0.25) is 0 Å². The molecule has 1 N–H and O–H groups in total. The van der Waals surface area contributed by atoms with Crippen molar-refractivity contribution in [3.05, 3.63) is 71.8 Å². The Labute approximate surface area is 154 Å². The van der Waals surface area contributed by atoms with Gasteiger partial charge in [0, 0.05) is 24.3 Å². The van der Waals surface area contributed by atoms with Gasteiger partial charge in [-0.15, -0.1) is 0 Å². The number of alkyl carbamates (subject to hydrolysis) is 1. The number of nitrogens with one attached hydrogen (secondary N) is 1.